The zero-order chi connectivity index (χ0) is 17.6. The number of phenols is 1. The highest BCUT2D eigenvalue weighted by molar-refractivity contribution is 6.30. The van der Waals surface area contributed by atoms with E-state index in [0.717, 1.165) is 38.2 Å². The van der Waals surface area contributed by atoms with Crippen LogP contribution in [-0.2, 0) is 13.1 Å². The van der Waals surface area contributed by atoms with Gasteiger partial charge in [-0.25, -0.2) is 0 Å². The van der Waals surface area contributed by atoms with Gasteiger partial charge in [0.2, 0.25) is 0 Å². The normalized spacial score (nSPS) is 19.2. The van der Waals surface area contributed by atoms with Crippen LogP contribution in [0.2, 0.25) is 5.02 Å². The van der Waals surface area contributed by atoms with Crippen molar-refractivity contribution < 1.29 is 10.2 Å². The molecule has 0 saturated carbocycles. The first-order chi connectivity index (χ1) is 12.2. The van der Waals surface area contributed by atoms with E-state index in [-0.39, 0.29) is 12.4 Å². The maximum atomic E-state index is 10.0. The van der Waals surface area contributed by atoms with Gasteiger partial charge in [-0.1, -0.05) is 41.9 Å². The van der Waals surface area contributed by atoms with Gasteiger partial charge >= 0.3 is 0 Å². The van der Waals surface area contributed by atoms with Crippen molar-refractivity contribution in [2.75, 3.05) is 26.2 Å². The standard InChI is InChI=1S/C20H25ClN2O2/c21-18-6-7-20(25)17(12-18)14-22-9-10-23(19(15-22)8-11-24)13-16-4-2-1-3-5-16/h1-7,12,19,24-25H,8-11,13-15H2/t19-/m1/s1. The highest BCUT2D eigenvalue weighted by Crippen LogP contribution is 2.25. The van der Waals surface area contributed by atoms with Crippen molar-refractivity contribution in [1.29, 1.82) is 0 Å². The summed E-state index contributed by atoms with van der Waals surface area (Å²) in [4.78, 5) is 4.77. The van der Waals surface area contributed by atoms with Crippen molar-refractivity contribution in [3.05, 3.63) is 64.7 Å². The van der Waals surface area contributed by atoms with Gasteiger partial charge in [-0.3, -0.25) is 9.80 Å². The fraction of sp³-hybridized carbons (Fsp3) is 0.400. The van der Waals surface area contributed by atoms with Crippen LogP contribution >= 0.6 is 11.6 Å². The summed E-state index contributed by atoms with van der Waals surface area (Å²) in [5.74, 6) is 0.287. The van der Waals surface area contributed by atoms with Crippen molar-refractivity contribution in [3.63, 3.8) is 0 Å². The highest BCUT2D eigenvalue weighted by atomic mass is 35.5. The number of benzene rings is 2. The van der Waals surface area contributed by atoms with Crippen molar-refractivity contribution in [1.82, 2.24) is 9.80 Å². The molecule has 4 nitrogen and oxygen atoms in total. The van der Waals surface area contributed by atoms with Gasteiger partial charge in [-0.05, 0) is 30.2 Å². The summed E-state index contributed by atoms with van der Waals surface area (Å²) in [6, 6.07) is 15.9. The molecule has 5 heteroatoms. The number of hydrogen-bond donors (Lipinski definition) is 2. The molecule has 1 saturated heterocycles. The number of rotatable bonds is 6. The molecule has 0 radical (unpaired) electrons. The second-order valence-corrected chi connectivity index (χ2v) is 7.07. The molecule has 3 rings (SSSR count). The third-order valence-corrected chi connectivity index (χ3v) is 5.05. The SMILES string of the molecule is OCC[C@@H]1CN(Cc2cc(Cl)ccc2O)CCN1Cc1ccccc1. The third-order valence-electron chi connectivity index (χ3n) is 4.82. The molecule has 1 atom stereocenters. The Morgan fingerprint density at radius 1 is 1.04 bits per heavy atom. The van der Waals surface area contributed by atoms with E-state index >= 15 is 0 Å². The molecule has 25 heavy (non-hydrogen) atoms. The van der Waals surface area contributed by atoms with E-state index < -0.39 is 0 Å². The minimum atomic E-state index is 0.187. The van der Waals surface area contributed by atoms with E-state index in [1.54, 1.807) is 12.1 Å². The number of aliphatic hydroxyl groups is 1. The first kappa shape index (κ1) is 18.2. The molecule has 0 aliphatic carbocycles. The van der Waals surface area contributed by atoms with E-state index in [1.165, 1.54) is 5.56 Å². The van der Waals surface area contributed by atoms with Crippen LogP contribution in [0.3, 0.4) is 0 Å². The predicted molar refractivity (Wildman–Crippen MR) is 101 cm³/mol. The highest BCUT2D eigenvalue weighted by Gasteiger charge is 2.27. The van der Waals surface area contributed by atoms with Gasteiger partial charge in [0.05, 0.1) is 0 Å². The Kier molecular flexibility index (Phi) is 6.32. The van der Waals surface area contributed by atoms with Crippen LogP contribution in [0.25, 0.3) is 0 Å². The summed E-state index contributed by atoms with van der Waals surface area (Å²) in [6.07, 6.45) is 0.755. The molecule has 0 spiro atoms. The number of aromatic hydroxyl groups is 1. The van der Waals surface area contributed by atoms with E-state index in [0.29, 0.717) is 17.6 Å². The lowest BCUT2D eigenvalue weighted by Gasteiger charge is -2.41. The molecule has 2 aromatic carbocycles. The topological polar surface area (TPSA) is 46.9 Å². The van der Waals surface area contributed by atoms with Crippen LogP contribution in [0.1, 0.15) is 17.5 Å². The zero-order valence-electron chi connectivity index (χ0n) is 14.3. The van der Waals surface area contributed by atoms with Gasteiger partial charge < -0.3 is 10.2 Å². The van der Waals surface area contributed by atoms with E-state index in [1.807, 2.05) is 12.1 Å². The number of hydrogen-bond acceptors (Lipinski definition) is 4. The molecular formula is C20H25ClN2O2. The first-order valence-corrected chi connectivity index (χ1v) is 9.12. The van der Waals surface area contributed by atoms with E-state index in [4.69, 9.17) is 11.6 Å². The Balaban J connectivity index is 1.65. The summed E-state index contributed by atoms with van der Waals surface area (Å²) < 4.78 is 0. The minimum absolute atomic E-state index is 0.187. The lowest BCUT2D eigenvalue weighted by molar-refractivity contribution is 0.0496. The molecule has 2 aromatic rings. The van der Waals surface area contributed by atoms with Gasteiger partial charge in [0.15, 0.2) is 0 Å². The van der Waals surface area contributed by atoms with Crippen molar-refractivity contribution >= 4 is 11.6 Å². The second-order valence-electron chi connectivity index (χ2n) is 6.63. The van der Waals surface area contributed by atoms with Crippen molar-refractivity contribution in [2.24, 2.45) is 0 Å². The van der Waals surface area contributed by atoms with Crippen LogP contribution in [0.15, 0.2) is 48.5 Å². The molecule has 0 amide bonds. The quantitative estimate of drug-likeness (QED) is 0.831. The maximum absolute atomic E-state index is 10.0. The van der Waals surface area contributed by atoms with Crippen LogP contribution < -0.4 is 0 Å². The zero-order valence-corrected chi connectivity index (χ0v) is 15.1. The molecule has 1 aliphatic rings. The molecule has 1 fully saturated rings. The van der Waals surface area contributed by atoms with Gasteiger partial charge in [-0.2, -0.15) is 0 Å². The predicted octanol–water partition coefficient (Wildman–Crippen LogP) is 3.11. The molecule has 1 heterocycles. The summed E-state index contributed by atoms with van der Waals surface area (Å²) in [6.45, 7) is 4.52. The molecule has 0 bridgehead atoms. The molecule has 0 unspecified atom stereocenters. The second kappa shape index (κ2) is 8.68. The minimum Gasteiger partial charge on any atom is -0.508 e. The summed E-state index contributed by atoms with van der Waals surface area (Å²) in [7, 11) is 0. The van der Waals surface area contributed by atoms with Crippen LogP contribution in [0, 0.1) is 0 Å². The van der Waals surface area contributed by atoms with Crippen LogP contribution in [-0.4, -0.2) is 52.3 Å². The lowest BCUT2D eigenvalue weighted by atomic mass is 10.1. The number of piperazine rings is 1. The Hall–Kier alpha value is -1.59. The fourth-order valence-corrected chi connectivity index (χ4v) is 3.67. The molecule has 1 aliphatic heterocycles. The Morgan fingerprint density at radius 2 is 1.84 bits per heavy atom. The van der Waals surface area contributed by atoms with Gasteiger partial charge in [0.25, 0.3) is 0 Å². The largest absolute Gasteiger partial charge is 0.508 e. The number of aliphatic hydroxyl groups excluding tert-OH is 1. The molecule has 0 aromatic heterocycles. The van der Waals surface area contributed by atoms with Gasteiger partial charge in [0, 0.05) is 56.0 Å². The van der Waals surface area contributed by atoms with E-state index in [2.05, 4.69) is 34.1 Å². The summed E-state index contributed by atoms with van der Waals surface area (Å²) in [5, 5.41) is 20.1. The molecular weight excluding hydrogens is 336 g/mol. The fourth-order valence-electron chi connectivity index (χ4n) is 3.47. The molecule has 2 N–H and O–H groups in total. The summed E-state index contributed by atoms with van der Waals surface area (Å²) >= 11 is 6.06. The van der Waals surface area contributed by atoms with E-state index in [9.17, 15) is 10.2 Å². The van der Waals surface area contributed by atoms with Crippen LogP contribution in [0.4, 0.5) is 0 Å². The molecule has 134 valence electrons. The maximum Gasteiger partial charge on any atom is 0.120 e. The number of phenolic OH excluding ortho intramolecular Hbond substituents is 1. The third kappa shape index (κ3) is 4.95. The number of nitrogens with zero attached hydrogens (tertiary/aromatic N) is 2. The first-order valence-electron chi connectivity index (χ1n) is 8.74. The van der Waals surface area contributed by atoms with Gasteiger partial charge in [-0.15, -0.1) is 0 Å². The average Bonchev–Trinajstić information content (AvgIpc) is 2.61. The Bertz CT molecular complexity index is 681. The summed E-state index contributed by atoms with van der Waals surface area (Å²) in [5.41, 5.74) is 2.15. The smallest absolute Gasteiger partial charge is 0.120 e. The Labute approximate surface area is 154 Å². The van der Waals surface area contributed by atoms with Crippen LogP contribution in [0.5, 0.6) is 5.75 Å². The number of halogens is 1. The monoisotopic (exact) mass is 360 g/mol. The van der Waals surface area contributed by atoms with Gasteiger partial charge in [0.1, 0.15) is 5.75 Å². The lowest BCUT2D eigenvalue weighted by Crippen LogP contribution is -2.52. The van der Waals surface area contributed by atoms with Crippen molar-refractivity contribution in [3.8, 4) is 5.75 Å². The average molecular weight is 361 g/mol. The Morgan fingerprint density at radius 3 is 2.60 bits per heavy atom. The van der Waals surface area contributed by atoms with Crippen molar-refractivity contribution in [2.45, 2.75) is 25.6 Å².